The van der Waals surface area contributed by atoms with E-state index in [4.69, 9.17) is 4.74 Å². The van der Waals surface area contributed by atoms with E-state index in [-0.39, 0.29) is 5.56 Å². The summed E-state index contributed by atoms with van der Waals surface area (Å²) in [5.41, 5.74) is 1.44. The van der Waals surface area contributed by atoms with Gasteiger partial charge in [-0.3, -0.25) is 14.3 Å². The molecule has 1 aliphatic heterocycles. The first-order valence-corrected chi connectivity index (χ1v) is 10.3. The van der Waals surface area contributed by atoms with Crippen molar-refractivity contribution in [3.63, 3.8) is 0 Å². The summed E-state index contributed by atoms with van der Waals surface area (Å²) in [4.78, 5) is 22.4. The predicted octanol–water partition coefficient (Wildman–Crippen LogP) is 2.69. The second kappa shape index (κ2) is 7.17. The molecular weight excluding hydrogens is 334 g/mol. The van der Waals surface area contributed by atoms with Crippen molar-refractivity contribution in [2.24, 2.45) is 5.92 Å². The Morgan fingerprint density at radius 2 is 2.16 bits per heavy atom. The van der Waals surface area contributed by atoms with Gasteiger partial charge in [-0.05, 0) is 37.2 Å². The van der Waals surface area contributed by atoms with Crippen LogP contribution in [0.1, 0.15) is 37.1 Å². The lowest BCUT2D eigenvalue weighted by molar-refractivity contribution is 0.0140. The third kappa shape index (κ3) is 3.39. The number of morpholine rings is 1. The maximum atomic E-state index is 13.0. The molecule has 0 bridgehead atoms. The predicted molar refractivity (Wildman–Crippen MR) is 102 cm³/mol. The van der Waals surface area contributed by atoms with Crippen molar-refractivity contribution in [2.45, 2.75) is 52.1 Å². The van der Waals surface area contributed by atoms with Crippen LogP contribution in [0.25, 0.3) is 10.2 Å². The van der Waals surface area contributed by atoms with Gasteiger partial charge < -0.3 is 4.74 Å². The largest absolute Gasteiger partial charge is 0.379 e. The van der Waals surface area contributed by atoms with Crippen LogP contribution >= 0.6 is 11.3 Å². The fourth-order valence-electron chi connectivity index (χ4n) is 3.99. The summed E-state index contributed by atoms with van der Waals surface area (Å²) in [7, 11) is 0. The van der Waals surface area contributed by atoms with Crippen molar-refractivity contribution >= 4 is 21.6 Å². The lowest BCUT2D eigenvalue weighted by Gasteiger charge is -2.36. The molecule has 0 spiro atoms. The first-order chi connectivity index (χ1) is 12.1. The van der Waals surface area contributed by atoms with Crippen LogP contribution in [-0.2, 0) is 24.1 Å². The minimum absolute atomic E-state index is 0.160. The van der Waals surface area contributed by atoms with Gasteiger partial charge in [0, 0.05) is 30.6 Å². The molecule has 3 heterocycles. The van der Waals surface area contributed by atoms with Crippen LogP contribution in [0.2, 0.25) is 0 Å². The maximum Gasteiger partial charge on any atom is 0.262 e. The highest BCUT2D eigenvalue weighted by atomic mass is 32.1. The highest BCUT2D eigenvalue weighted by molar-refractivity contribution is 7.18. The molecule has 1 saturated heterocycles. The van der Waals surface area contributed by atoms with Crippen LogP contribution in [0.3, 0.4) is 0 Å². The van der Waals surface area contributed by atoms with E-state index >= 15 is 0 Å². The molecule has 0 amide bonds. The monoisotopic (exact) mass is 361 g/mol. The Morgan fingerprint density at radius 3 is 2.92 bits per heavy atom. The summed E-state index contributed by atoms with van der Waals surface area (Å²) in [6, 6.07) is 0.590. The zero-order valence-electron chi connectivity index (χ0n) is 15.2. The standard InChI is InChI=1S/C19H27N3O2S/c1-13(2)5-6-22-12-20-18-17(19(22)23)15-4-3-14(11-16(15)25-18)21-7-9-24-10-8-21/h12-14H,3-11H2,1-2H3. The molecule has 2 aliphatic rings. The van der Waals surface area contributed by atoms with Crippen molar-refractivity contribution in [1.29, 1.82) is 0 Å². The van der Waals surface area contributed by atoms with Crippen LogP contribution in [0, 0.1) is 5.92 Å². The first kappa shape index (κ1) is 17.2. The number of fused-ring (bicyclic) bond motifs is 3. The van der Waals surface area contributed by atoms with Gasteiger partial charge in [-0.25, -0.2) is 4.98 Å². The zero-order valence-corrected chi connectivity index (χ0v) is 16.0. The molecule has 25 heavy (non-hydrogen) atoms. The van der Waals surface area contributed by atoms with Crippen molar-refractivity contribution in [3.8, 4) is 0 Å². The highest BCUT2D eigenvalue weighted by Crippen LogP contribution is 2.35. The normalized spacial score (nSPS) is 21.8. The van der Waals surface area contributed by atoms with Gasteiger partial charge in [-0.1, -0.05) is 13.8 Å². The molecule has 0 radical (unpaired) electrons. The van der Waals surface area contributed by atoms with Crippen molar-refractivity contribution in [3.05, 3.63) is 27.1 Å². The molecule has 1 aliphatic carbocycles. The van der Waals surface area contributed by atoms with Gasteiger partial charge in [0.05, 0.1) is 24.9 Å². The average molecular weight is 362 g/mol. The van der Waals surface area contributed by atoms with E-state index in [2.05, 4.69) is 23.7 Å². The Morgan fingerprint density at radius 1 is 1.36 bits per heavy atom. The Labute approximate surface area is 152 Å². The molecular formula is C19H27N3O2S. The van der Waals surface area contributed by atoms with E-state index < -0.39 is 0 Å². The number of ether oxygens (including phenoxy) is 1. The van der Waals surface area contributed by atoms with Crippen LogP contribution in [0.15, 0.2) is 11.1 Å². The fourth-order valence-corrected chi connectivity index (χ4v) is 5.24. The number of nitrogens with zero attached hydrogens (tertiary/aromatic N) is 3. The lowest BCUT2D eigenvalue weighted by Crippen LogP contribution is -2.45. The molecule has 0 saturated carbocycles. The molecule has 1 fully saturated rings. The maximum absolute atomic E-state index is 13.0. The van der Waals surface area contributed by atoms with E-state index in [1.165, 1.54) is 10.4 Å². The molecule has 1 unspecified atom stereocenters. The quantitative estimate of drug-likeness (QED) is 0.840. The Bertz CT molecular complexity index is 805. The summed E-state index contributed by atoms with van der Waals surface area (Å²) < 4.78 is 7.29. The Hall–Kier alpha value is -1.24. The van der Waals surface area contributed by atoms with Gasteiger partial charge in [-0.2, -0.15) is 0 Å². The molecule has 0 N–H and O–H groups in total. The Balaban J connectivity index is 1.62. The van der Waals surface area contributed by atoms with Crippen molar-refractivity contribution < 1.29 is 4.74 Å². The van der Waals surface area contributed by atoms with Crippen LogP contribution in [0.4, 0.5) is 0 Å². The second-order valence-electron chi connectivity index (χ2n) is 7.65. The van der Waals surface area contributed by atoms with Gasteiger partial charge in [0.2, 0.25) is 0 Å². The fraction of sp³-hybridized carbons (Fsp3) is 0.684. The molecule has 4 rings (SSSR count). The van der Waals surface area contributed by atoms with Gasteiger partial charge in [0.1, 0.15) is 4.83 Å². The summed E-state index contributed by atoms with van der Waals surface area (Å²) in [6.07, 6.45) is 5.95. The summed E-state index contributed by atoms with van der Waals surface area (Å²) in [5.74, 6) is 0.591. The van der Waals surface area contributed by atoms with E-state index in [1.54, 1.807) is 17.7 Å². The number of aryl methyl sites for hydroxylation is 2. The van der Waals surface area contributed by atoms with E-state index in [0.717, 1.165) is 68.7 Å². The molecule has 5 nitrogen and oxygen atoms in total. The molecule has 2 aromatic rings. The van der Waals surface area contributed by atoms with Gasteiger partial charge >= 0.3 is 0 Å². The van der Waals surface area contributed by atoms with E-state index in [9.17, 15) is 4.79 Å². The molecule has 136 valence electrons. The van der Waals surface area contributed by atoms with Crippen LogP contribution < -0.4 is 5.56 Å². The van der Waals surface area contributed by atoms with Crippen molar-refractivity contribution in [2.75, 3.05) is 26.3 Å². The number of hydrogen-bond donors (Lipinski definition) is 0. The SMILES string of the molecule is CC(C)CCn1cnc2sc3c(c2c1=O)CCC(N1CCOCC1)C3. The Kier molecular flexibility index (Phi) is 4.93. The number of hydrogen-bond acceptors (Lipinski definition) is 5. The number of thiophene rings is 1. The van der Waals surface area contributed by atoms with Gasteiger partial charge in [-0.15, -0.1) is 11.3 Å². The third-order valence-corrected chi connectivity index (χ3v) is 6.68. The van der Waals surface area contributed by atoms with Gasteiger partial charge in [0.25, 0.3) is 5.56 Å². The second-order valence-corrected chi connectivity index (χ2v) is 8.74. The first-order valence-electron chi connectivity index (χ1n) is 9.45. The summed E-state index contributed by atoms with van der Waals surface area (Å²) >= 11 is 1.73. The molecule has 2 aromatic heterocycles. The smallest absolute Gasteiger partial charge is 0.262 e. The molecule has 1 atom stereocenters. The van der Waals surface area contributed by atoms with Gasteiger partial charge in [0.15, 0.2) is 0 Å². The topological polar surface area (TPSA) is 47.4 Å². The number of rotatable bonds is 4. The lowest BCUT2D eigenvalue weighted by atomic mass is 9.92. The highest BCUT2D eigenvalue weighted by Gasteiger charge is 2.29. The van der Waals surface area contributed by atoms with Crippen molar-refractivity contribution in [1.82, 2.24) is 14.5 Å². The zero-order chi connectivity index (χ0) is 17.4. The molecule has 0 aromatic carbocycles. The van der Waals surface area contributed by atoms with Crippen LogP contribution in [-0.4, -0.2) is 46.8 Å². The van der Waals surface area contributed by atoms with E-state index in [1.807, 2.05) is 4.57 Å². The van der Waals surface area contributed by atoms with E-state index in [0.29, 0.717) is 12.0 Å². The van der Waals surface area contributed by atoms with Crippen LogP contribution in [0.5, 0.6) is 0 Å². The average Bonchev–Trinajstić information content (AvgIpc) is 3.00. The molecule has 6 heteroatoms. The third-order valence-electron chi connectivity index (χ3n) is 5.52. The summed E-state index contributed by atoms with van der Waals surface area (Å²) in [6.45, 7) is 8.90. The summed E-state index contributed by atoms with van der Waals surface area (Å²) in [5, 5.41) is 0.895. The minimum atomic E-state index is 0.160. The minimum Gasteiger partial charge on any atom is -0.379 e. The number of aromatic nitrogens is 2.